The molecule has 4 heteroatoms. The van der Waals surface area contributed by atoms with Crippen LogP contribution in [-0.2, 0) is 17.8 Å². The molecule has 1 atom stereocenters. The predicted octanol–water partition coefficient (Wildman–Crippen LogP) is 1.43. The standard InChI is InChI=1S/C9H11N3O/c1-7-2-3-8-10-4-9(11-6-13)12(8)5-7/h4,7H,2-3,5H2,1H3. The third kappa shape index (κ3) is 1.40. The maximum Gasteiger partial charge on any atom is 0.242 e. The predicted molar refractivity (Wildman–Crippen MR) is 47.5 cm³/mol. The highest BCUT2D eigenvalue weighted by Crippen LogP contribution is 2.24. The van der Waals surface area contributed by atoms with Crippen LogP contribution >= 0.6 is 0 Å². The van der Waals surface area contributed by atoms with E-state index in [0.29, 0.717) is 11.7 Å². The summed E-state index contributed by atoms with van der Waals surface area (Å²) in [5, 5.41) is 0. The molecule has 0 saturated heterocycles. The second kappa shape index (κ2) is 3.15. The minimum atomic E-state index is 0.636. The molecule has 0 aromatic carbocycles. The topological polar surface area (TPSA) is 47.2 Å². The summed E-state index contributed by atoms with van der Waals surface area (Å²) in [4.78, 5) is 17.9. The molecule has 0 saturated carbocycles. The van der Waals surface area contributed by atoms with E-state index in [9.17, 15) is 4.79 Å². The van der Waals surface area contributed by atoms with E-state index in [4.69, 9.17) is 0 Å². The maximum absolute atomic E-state index is 10.1. The molecule has 0 spiro atoms. The Hall–Kier alpha value is -1.41. The average molecular weight is 177 g/mol. The van der Waals surface area contributed by atoms with E-state index in [1.807, 2.05) is 4.57 Å². The van der Waals surface area contributed by atoms with Gasteiger partial charge in [-0.1, -0.05) is 6.92 Å². The Kier molecular flexibility index (Phi) is 1.99. The van der Waals surface area contributed by atoms with Crippen LogP contribution in [-0.4, -0.2) is 15.6 Å². The van der Waals surface area contributed by atoms with Crippen LogP contribution in [0.1, 0.15) is 19.2 Å². The third-order valence-corrected chi connectivity index (χ3v) is 2.43. The lowest BCUT2D eigenvalue weighted by Crippen LogP contribution is -2.17. The normalized spacial score (nSPS) is 20.5. The van der Waals surface area contributed by atoms with Crippen molar-refractivity contribution in [3.63, 3.8) is 0 Å². The van der Waals surface area contributed by atoms with Crippen LogP contribution in [0.5, 0.6) is 0 Å². The number of imidazole rings is 1. The highest BCUT2D eigenvalue weighted by molar-refractivity contribution is 5.44. The molecule has 13 heavy (non-hydrogen) atoms. The smallest absolute Gasteiger partial charge is 0.242 e. The Bertz CT molecular complexity index is 363. The van der Waals surface area contributed by atoms with Crippen molar-refractivity contribution in [2.45, 2.75) is 26.3 Å². The van der Waals surface area contributed by atoms with Crippen LogP contribution in [0.2, 0.25) is 0 Å². The molecule has 1 aliphatic heterocycles. The van der Waals surface area contributed by atoms with Gasteiger partial charge in [0.05, 0.1) is 6.20 Å². The van der Waals surface area contributed by atoms with Crippen molar-refractivity contribution in [1.82, 2.24) is 9.55 Å². The number of isocyanates is 1. The van der Waals surface area contributed by atoms with E-state index < -0.39 is 0 Å². The van der Waals surface area contributed by atoms with E-state index >= 15 is 0 Å². The first-order chi connectivity index (χ1) is 6.31. The molecule has 1 aromatic rings. The minimum absolute atomic E-state index is 0.636. The maximum atomic E-state index is 10.1. The van der Waals surface area contributed by atoms with E-state index in [1.165, 1.54) is 6.42 Å². The van der Waals surface area contributed by atoms with Crippen LogP contribution in [0.3, 0.4) is 0 Å². The number of aryl methyl sites for hydroxylation is 1. The minimum Gasteiger partial charge on any atom is -0.312 e. The van der Waals surface area contributed by atoms with E-state index in [0.717, 1.165) is 18.8 Å². The molecule has 68 valence electrons. The first-order valence-corrected chi connectivity index (χ1v) is 4.43. The molecule has 0 aliphatic carbocycles. The van der Waals surface area contributed by atoms with Gasteiger partial charge in [-0.05, 0) is 12.3 Å². The van der Waals surface area contributed by atoms with Crippen molar-refractivity contribution in [3.05, 3.63) is 12.0 Å². The summed E-state index contributed by atoms with van der Waals surface area (Å²) in [5.41, 5.74) is 0. The summed E-state index contributed by atoms with van der Waals surface area (Å²) in [7, 11) is 0. The first-order valence-electron chi connectivity index (χ1n) is 4.43. The summed E-state index contributed by atoms with van der Waals surface area (Å²) in [6, 6.07) is 0. The quantitative estimate of drug-likeness (QED) is 0.481. The largest absolute Gasteiger partial charge is 0.312 e. The fourth-order valence-corrected chi connectivity index (χ4v) is 1.72. The van der Waals surface area contributed by atoms with Crippen molar-refractivity contribution in [1.29, 1.82) is 0 Å². The Morgan fingerprint density at radius 3 is 3.38 bits per heavy atom. The first kappa shape index (κ1) is 8.20. The highest BCUT2D eigenvalue weighted by atomic mass is 16.1. The third-order valence-electron chi connectivity index (χ3n) is 2.43. The fraction of sp³-hybridized carbons (Fsp3) is 0.556. The van der Waals surface area contributed by atoms with E-state index in [2.05, 4.69) is 16.9 Å². The lowest BCUT2D eigenvalue weighted by molar-refractivity contribution is 0.396. The number of hydrogen-bond acceptors (Lipinski definition) is 3. The van der Waals surface area contributed by atoms with Crippen LogP contribution in [0.25, 0.3) is 0 Å². The number of rotatable bonds is 1. The van der Waals surface area contributed by atoms with Gasteiger partial charge in [0.15, 0.2) is 5.82 Å². The number of aliphatic imine (C=N–C) groups is 1. The van der Waals surface area contributed by atoms with Crippen LogP contribution in [0.4, 0.5) is 5.82 Å². The lowest BCUT2D eigenvalue weighted by atomic mass is 10.0. The zero-order valence-corrected chi connectivity index (χ0v) is 7.53. The van der Waals surface area contributed by atoms with Crippen LogP contribution in [0, 0.1) is 5.92 Å². The summed E-state index contributed by atoms with van der Waals surface area (Å²) < 4.78 is 2.00. The number of carbonyl (C=O) groups excluding carboxylic acids is 1. The SMILES string of the molecule is CC1CCc2ncc(N=C=O)n2C1. The molecule has 4 nitrogen and oxygen atoms in total. The van der Waals surface area contributed by atoms with E-state index in [1.54, 1.807) is 12.3 Å². The van der Waals surface area contributed by atoms with Crippen molar-refractivity contribution in [3.8, 4) is 0 Å². The zero-order valence-electron chi connectivity index (χ0n) is 7.53. The molecule has 2 heterocycles. The summed E-state index contributed by atoms with van der Waals surface area (Å²) >= 11 is 0. The van der Waals surface area contributed by atoms with Crippen LogP contribution < -0.4 is 0 Å². The molecular formula is C9H11N3O. The van der Waals surface area contributed by atoms with Gasteiger partial charge >= 0.3 is 0 Å². The molecule has 0 N–H and O–H groups in total. The second-order valence-electron chi connectivity index (χ2n) is 3.49. The van der Waals surface area contributed by atoms with Crippen molar-refractivity contribution < 1.29 is 4.79 Å². The molecular weight excluding hydrogens is 166 g/mol. The molecule has 0 fully saturated rings. The monoisotopic (exact) mass is 177 g/mol. The average Bonchev–Trinajstić information content (AvgIpc) is 2.49. The van der Waals surface area contributed by atoms with Gasteiger partial charge in [-0.3, -0.25) is 0 Å². The van der Waals surface area contributed by atoms with Gasteiger partial charge in [-0.25, -0.2) is 9.78 Å². The summed E-state index contributed by atoms with van der Waals surface area (Å²) in [5.74, 6) is 2.31. The molecule has 1 aliphatic rings. The Balaban J connectivity index is 2.40. The highest BCUT2D eigenvalue weighted by Gasteiger charge is 2.18. The van der Waals surface area contributed by atoms with E-state index in [-0.39, 0.29) is 0 Å². The fourth-order valence-electron chi connectivity index (χ4n) is 1.72. The van der Waals surface area contributed by atoms with Gasteiger partial charge in [0, 0.05) is 13.0 Å². The van der Waals surface area contributed by atoms with Gasteiger partial charge in [0.25, 0.3) is 0 Å². The molecule has 1 aromatic heterocycles. The number of fused-ring (bicyclic) bond motifs is 1. The van der Waals surface area contributed by atoms with Crippen molar-refractivity contribution in [2.75, 3.05) is 0 Å². The van der Waals surface area contributed by atoms with Gasteiger partial charge in [0.2, 0.25) is 6.08 Å². The molecule has 1 unspecified atom stereocenters. The van der Waals surface area contributed by atoms with Crippen molar-refractivity contribution >= 4 is 11.9 Å². The van der Waals surface area contributed by atoms with Gasteiger partial charge in [-0.15, -0.1) is 4.99 Å². The van der Waals surface area contributed by atoms with Gasteiger partial charge in [-0.2, -0.15) is 0 Å². The lowest BCUT2D eigenvalue weighted by Gasteiger charge is -2.20. The Morgan fingerprint density at radius 2 is 2.62 bits per heavy atom. The zero-order chi connectivity index (χ0) is 9.26. The number of hydrogen-bond donors (Lipinski definition) is 0. The molecule has 0 bridgehead atoms. The number of nitrogens with zero attached hydrogens (tertiary/aromatic N) is 3. The Labute approximate surface area is 76.3 Å². The summed E-state index contributed by atoms with van der Waals surface area (Å²) in [6.07, 6.45) is 5.34. The Morgan fingerprint density at radius 1 is 1.77 bits per heavy atom. The van der Waals surface area contributed by atoms with Gasteiger partial charge < -0.3 is 4.57 Å². The molecule has 0 radical (unpaired) electrons. The number of aromatic nitrogens is 2. The van der Waals surface area contributed by atoms with Crippen molar-refractivity contribution in [2.24, 2.45) is 10.9 Å². The molecule has 2 rings (SSSR count). The van der Waals surface area contributed by atoms with Crippen LogP contribution in [0.15, 0.2) is 11.2 Å². The molecule has 0 amide bonds. The second-order valence-corrected chi connectivity index (χ2v) is 3.49. The van der Waals surface area contributed by atoms with Gasteiger partial charge in [0.1, 0.15) is 5.82 Å². The summed E-state index contributed by atoms with van der Waals surface area (Å²) in [6.45, 7) is 3.10.